The van der Waals surface area contributed by atoms with E-state index >= 15 is 0 Å². The van der Waals surface area contributed by atoms with Crippen LogP contribution in [-0.2, 0) is 7.05 Å². The molecule has 1 N–H and O–H groups in total. The minimum absolute atomic E-state index is 0.0246. The second-order valence-electron chi connectivity index (χ2n) is 6.97. The number of rotatable bonds is 6. The number of ether oxygens (including phenoxy) is 1. The molecule has 1 heterocycles. The Morgan fingerprint density at radius 2 is 1.87 bits per heavy atom. The summed E-state index contributed by atoms with van der Waals surface area (Å²) in [4.78, 5) is 24.4. The van der Waals surface area contributed by atoms with Gasteiger partial charge in [0.2, 0.25) is 5.88 Å². The smallest absolute Gasteiger partial charge is 0.259 e. The predicted octanol–water partition coefficient (Wildman–Crippen LogP) is 5.01. The zero-order valence-electron chi connectivity index (χ0n) is 17.0. The Labute approximate surface area is 178 Å². The van der Waals surface area contributed by atoms with E-state index in [1.165, 1.54) is 23.7 Å². The highest BCUT2D eigenvalue weighted by Crippen LogP contribution is 2.30. The van der Waals surface area contributed by atoms with Crippen molar-refractivity contribution in [2.45, 2.75) is 26.8 Å². The van der Waals surface area contributed by atoms with Gasteiger partial charge in [-0.25, -0.2) is 9.07 Å². The van der Waals surface area contributed by atoms with Crippen LogP contribution in [0.5, 0.6) is 11.6 Å². The van der Waals surface area contributed by atoms with E-state index in [4.69, 9.17) is 16.3 Å². The first-order chi connectivity index (χ1) is 14.2. The molecule has 0 fully saturated rings. The van der Waals surface area contributed by atoms with Crippen LogP contribution in [0, 0.1) is 12.7 Å². The van der Waals surface area contributed by atoms with Crippen LogP contribution in [0.1, 0.15) is 51.9 Å². The summed E-state index contributed by atoms with van der Waals surface area (Å²) in [7, 11) is 1.63. The molecule has 0 unspecified atom stereocenters. The Hall–Kier alpha value is -3.19. The van der Waals surface area contributed by atoms with Gasteiger partial charge in [-0.1, -0.05) is 35.9 Å². The first-order valence-corrected chi connectivity index (χ1v) is 9.62. The van der Waals surface area contributed by atoms with Crippen LogP contribution >= 0.6 is 11.6 Å². The molecule has 0 saturated heterocycles. The topological polar surface area (TPSA) is 73.2 Å². The first-order valence-electron chi connectivity index (χ1n) is 9.25. The quantitative estimate of drug-likeness (QED) is 0.559. The van der Waals surface area contributed by atoms with Crippen LogP contribution in [0.2, 0.25) is 5.02 Å². The molecule has 0 spiro atoms. The number of nitrogens with one attached hydrogen (secondary N) is 1. The summed E-state index contributed by atoms with van der Waals surface area (Å²) in [6.07, 6.45) is 0. The molecule has 1 aromatic heterocycles. The van der Waals surface area contributed by atoms with E-state index in [2.05, 4.69) is 10.4 Å². The number of hydrogen-bond donors (Lipinski definition) is 1. The van der Waals surface area contributed by atoms with Gasteiger partial charge in [-0.3, -0.25) is 9.59 Å². The number of carbonyl (C=O) groups excluding carboxylic acids is 2. The second kappa shape index (κ2) is 8.67. The van der Waals surface area contributed by atoms with Crippen LogP contribution in [0.3, 0.4) is 0 Å². The lowest BCUT2D eigenvalue weighted by Crippen LogP contribution is -2.27. The van der Waals surface area contributed by atoms with E-state index in [1.807, 2.05) is 6.92 Å². The van der Waals surface area contributed by atoms with Crippen molar-refractivity contribution in [2.75, 3.05) is 0 Å². The van der Waals surface area contributed by atoms with Crippen LogP contribution in [0.15, 0.2) is 42.5 Å². The average Bonchev–Trinajstić information content (AvgIpc) is 2.94. The van der Waals surface area contributed by atoms with Crippen molar-refractivity contribution >= 4 is 23.3 Å². The number of aromatic nitrogens is 2. The van der Waals surface area contributed by atoms with E-state index in [0.717, 1.165) is 11.6 Å². The number of ketones is 1. The number of carbonyl (C=O) groups is 2. The molecule has 0 aliphatic carbocycles. The fourth-order valence-corrected chi connectivity index (χ4v) is 3.28. The molecule has 8 heteroatoms. The summed E-state index contributed by atoms with van der Waals surface area (Å²) >= 11 is 5.89. The molecule has 2 aromatic carbocycles. The summed E-state index contributed by atoms with van der Waals surface area (Å²) in [6.45, 7) is 5.02. The second-order valence-corrected chi connectivity index (χ2v) is 7.41. The van der Waals surface area contributed by atoms with Crippen molar-refractivity contribution < 1.29 is 18.7 Å². The Morgan fingerprint density at radius 1 is 1.20 bits per heavy atom. The van der Waals surface area contributed by atoms with Gasteiger partial charge in [-0.15, -0.1) is 0 Å². The van der Waals surface area contributed by atoms with Gasteiger partial charge < -0.3 is 10.1 Å². The zero-order valence-corrected chi connectivity index (χ0v) is 17.7. The van der Waals surface area contributed by atoms with Crippen molar-refractivity contribution in [3.8, 4) is 11.6 Å². The summed E-state index contributed by atoms with van der Waals surface area (Å²) in [6, 6.07) is 10.5. The van der Waals surface area contributed by atoms with Crippen molar-refractivity contribution in [2.24, 2.45) is 7.05 Å². The molecule has 0 bridgehead atoms. The third-order valence-electron chi connectivity index (χ3n) is 4.61. The van der Waals surface area contributed by atoms with Gasteiger partial charge >= 0.3 is 0 Å². The summed E-state index contributed by atoms with van der Waals surface area (Å²) in [5, 5.41) is 7.34. The molecule has 0 radical (unpaired) electrons. The zero-order chi connectivity index (χ0) is 22.0. The molecule has 3 aromatic rings. The lowest BCUT2D eigenvalue weighted by atomic mass is 10.0. The molecule has 0 aliphatic rings. The highest BCUT2D eigenvalue weighted by Gasteiger charge is 2.24. The van der Waals surface area contributed by atoms with Crippen molar-refractivity contribution in [3.63, 3.8) is 0 Å². The Balaban J connectivity index is 1.84. The van der Waals surface area contributed by atoms with Crippen LogP contribution in [0.4, 0.5) is 4.39 Å². The Kier molecular flexibility index (Phi) is 6.22. The predicted molar refractivity (Wildman–Crippen MR) is 112 cm³/mol. The number of Topliss-reactive ketones (excluding diaryl/α,β-unsaturated/α-hetero) is 1. The van der Waals surface area contributed by atoms with Crippen molar-refractivity contribution in [3.05, 3.63) is 75.7 Å². The van der Waals surface area contributed by atoms with E-state index < -0.39 is 5.82 Å². The fourth-order valence-electron chi connectivity index (χ4n) is 3.07. The van der Waals surface area contributed by atoms with Crippen LogP contribution < -0.4 is 10.1 Å². The molecule has 0 aliphatic heterocycles. The minimum Gasteiger partial charge on any atom is -0.438 e. The lowest BCUT2D eigenvalue weighted by molar-refractivity contribution is 0.0935. The number of nitrogens with zero attached hydrogens (tertiary/aromatic N) is 2. The number of amides is 1. The standard InChI is InChI=1S/C22H21ClFN3O3/c1-12(15-5-7-16(8-6-15)14(3)28)25-21(29)20-13(2)26-27(4)22(20)30-19-10-17(23)9-18(24)11-19/h5-12H,1-4H3,(H,25,29)/t12-/m0/s1. The van der Waals surface area contributed by atoms with Gasteiger partial charge in [0.1, 0.15) is 17.1 Å². The minimum atomic E-state index is -0.551. The van der Waals surface area contributed by atoms with E-state index in [1.54, 1.807) is 38.2 Å². The first kappa shape index (κ1) is 21.5. The molecule has 156 valence electrons. The van der Waals surface area contributed by atoms with Gasteiger partial charge in [0.05, 0.1) is 11.7 Å². The molecule has 6 nitrogen and oxygen atoms in total. The normalized spacial score (nSPS) is 11.8. The summed E-state index contributed by atoms with van der Waals surface area (Å²) in [5.74, 6) is -0.634. The Morgan fingerprint density at radius 3 is 2.47 bits per heavy atom. The highest BCUT2D eigenvalue weighted by molar-refractivity contribution is 6.30. The molecule has 1 amide bonds. The maximum Gasteiger partial charge on any atom is 0.259 e. The summed E-state index contributed by atoms with van der Waals surface area (Å²) < 4.78 is 20.8. The molecule has 3 rings (SSSR count). The fraction of sp³-hybridized carbons (Fsp3) is 0.227. The molecule has 0 saturated carbocycles. The lowest BCUT2D eigenvalue weighted by Gasteiger charge is -2.15. The van der Waals surface area contributed by atoms with Gasteiger partial charge in [0, 0.05) is 23.7 Å². The third kappa shape index (κ3) is 4.68. The van der Waals surface area contributed by atoms with Crippen LogP contribution in [-0.4, -0.2) is 21.5 Å². The van der Waals surface area contributed by atoms with Gasteiger partial charge in [-0.05, 0) is 38.5 Å². The third-order valence-corrected chi connectivity index (χ3v) is 4.83. The van der Waals surface area contributed by atoms with Crippen molar-refractivity contribution in [1.82, 2.24) is 15.1 Å². The van der Waals surface area contributed by atoms with Crippen LogP contribution in [0.25, 0.3) is 0 Å². The molecule has 30 heavy (non-hydrogen) atoms. The summed E-state index contributed by atoms with van der Waals surface area (Å²) in [5.41, 5.74) is 2.15. The number of aryl methyl sites for hydroxylation is 2. The largest absolute Gasteiger partial charge is 0.438 e. The number of halogens is 2. The van der Waals surface area contributed by atoms with E-state index in [9.17, 15) is 14.0 Å². The SMILES string of the molecule is CC(=O)c1ccc([C@H](C)NC(=O)c2c(C)nn(C)c2Oc2cc(F)cc(Cl)c2)cc1. The van der Waals surface area contributed by atoms with E-state index in [0.29, 0.717) is 11.3 Å². The molecular formula is C22H21ClFN3O3. The van der Waals surface area contributed by atoms with Gasteiger partial charge in [0.15, 0.2) is 5.78 Å². The average molecular weight is 430 g/mol. The van der Waals surface area contributed by atoms with Gasteiger partial charge in [-0.2, -0.15) is 5.10 Å². The molecular weight excluding hydrogens is 409 g/mol. The van der Waals surface area contributed by atoms with E-state index in [-0.39, 0.29) is 39.9 Å². The number of benzene rings is 2. The van der Waals surface area contributed by atoms with Gasteiger partial charge in [0.25, 0.3) is 5.91 Å². The maximum atomic E-state index is 13.6. The monoisotopic (exact) mass is 429 g/mol. The van der Waals surface area contributed by atoms with Crippen molar-refractivity contribution in [1.29, 1.82) is 0 Å². The Bertz CT molecular complexity index is 1090. The number of hydrogen-bond acceptors (Lipinski definition) is 4. The maximum absolute atomic E-state index is 13.6. The molecule has 1 atom stereocenters. The highest BCUT2D eigenvalue weighted by atomic mass is 35.5.